The van der Waals surface area contributed by atoms with Gasteiger partial charge in [-0.05, 0) is 50.0 Å². The van der Waals surface area contributed by atoms with Crippen LogP contribution in [0.2, 0.25) is 0 Å². The minimum absolute atomic E-state index is 0.0343. The lowest BCUT2D eigenvalue weighted by Crippen LogP contribution is -2.60. The predicted molar refractivity (Wildman–Crippen MR) is 197 cm³/mol. The molecule has 3 aliphatic heterocycles. The van der Waals surface area contributed by atoms with Crippen molar-refractivity contribution in [3.8, 4) is 0 Å². The maximum absolute atomic E-state index is 14.5. The van der Waals surface area contributed by atoms with Gasteiger partial charge in [-0.3, -0.25) is 28.8 Å². The van der Waals surface area contributed by atoms with Gasteiger partial charge in [0.2, 0.25) is 29.5 Å². The van der Waals surface area contributed by atoms with Crippen LogP contribution in [-0.4, -0.2) is 105 Å². The van der Waals surface area contributed by atoms with E-state index in [2.05, 4.69) is 20.9 Å². The number of amides is 6. The molecule has 3 N–H and O–H groups in total. The third kappa shape index (κ3) is 8.32. The first-order chi connectivity index (χ1) is 24.9. The first kappa shape index (κ1) is 38.9. The second-order valence-electron chi connectivity index (χ2n) is 14.5. The lowest BCUT2D eigenvalue weighted by Gasteiger charge is -2.36. The first-order valence-electron chi connectivity index (χ1n) is 18.6. The maximum Gasteiger partial charge on any atom is 0.271 e. The summed E-state index contributed by atoms with van der Waals surface area (Å²) in [4.78, 5) is 93.3. The highest BCUT2D eigenvalue weighted by molar-refractivity contribution is 7.09. The van der Waals surface area contributed by atoms with Crippen LogP contribution in [0.3, 0.4) is 0 Å². The smallest absolute Gasteiger partial charge is 0.271 e. The van der Waals surface area contributed by atoms with Crippen molar-refractivity contribution in [1.82, 2.24) is 35.6 Å². The summed E-state index contributed by atoms with van der Waals surface area (Å²) in [6.45, 7) is 10.1. The van der Waals surface area contributed by atoms with E-state index in [1.165, 1.54) is 21.1 Å². The van der Waals surface area contributed by atoms with Gasteiger partial charge < -0.3 is 30.7 Å². The Hall–Kier alpha value is -4.33. The van der Waals surface area contributed by atoms with Crippen LogP contribution in [0.25, 0.3) is 0 Å². The molecule has 3 aliphatic rings. The van der Waals surface area contributed by atoms with Crippen LogP contribution in [0.5, 0.6) is 0 Å². The first-order valence-corrected chi connectivity index (χ1v) is 19.5. The fraction of sp³-hybridized carbons (Fsp3) is 0.605. The van der Waals surface area contributed by atoms with Gasteiger partial charge in [0.15, 0.2) is 0 Å². The van der Waals surface area contributed by atoms with Gasteiger partial charge in [-0.15, -0.1) is 11.3 Å². The van der Waals surface area contributed by atoms with Gasteiger partial charge in [-0.1, -0.05) is 70.9 Å². The number of hydrogen-bond acceptors (Lipinski definition) is 8. The number of fused-ring (bicyclic) bond motifs is 4. The van der Waals surface area contributed by atoms with Gasteiger partial charge in [0.1, 0.15) is 40.9 Å². The summed E-state index contributed by atoms with van der Waals surface area (Å²) in [6.07, 6.45) is 3.63. The average molecular weight is 736 g/mol. The molecule has 1 aromatic heterocycles. The molecule has 13 nitrogen and oxygen atoms in total. The molecule has 6 amide bonds. The SMILES string of the molecule is CC[C@H](C)[C@@H]1NC(=O)[C@@H]2CCCN2C(=O)[C@H](Cc2ccccc2)N(C)C(=O)[C@H](C)NC(=O)c2csc(n2)[C@H]([C@@H](C)CC)NC(=O)[C@@H]2CCCN2C1=O. The van der Waals surface area contributed by atoms with Crippen molar-refractivity contribution in [2.45, 2.75) is 116 Å². The number of nitrogens with one attached hydrogen (secondary N) is 3. The highest BCUT2D eigenvalue weighted by atomic mass is 32.1. The second kappa shape index (κ2) is 17.0. The van der Waals surface area contributed by atoms with Crippen molar-refractivity contribution in [2.75, 3.05) is 20.1 Å². The summed E-state index contributed by atoms with van der Waals surface area (Å²) in [6, 6.07) is 4.41. The molecular formula is C38H53N7O6S. The quantitative estimate of drug-likeness (QED) is 0.411. The zero-order valence-corrected chi connectivity index (χ0v) is 31.9. The summed E-state index contributed by atoms with van der Waals surface area (Å²) in [5.41, 5.74) is 0.950. The Bertz CT molecular complexity index is 1630. The van der Waals surface area contributed by atoms with Crippen molar-refractivity contribution in [3.63, 3.8) is 0 Å². The third-order valence-electron chi connectivity index (χ3n) is 11.1. The molecule has 282 valence electrons. The van der Waals surface area contributed by atoms with Gasteiger partial charge in [0.05, 0.1) is 6.04 Å². The lowest BCUT2D eigenvalue weighted by atomic mass is 9.96. The topological polar surface area (TPSA) is 161 Å². The van der Waals surface area contributed by atoms with Gasteiger partial charge in [-0.2, -0.15) is 0 Å². The monoisotopic (exact) mass is 735 g/mol. The Balaban J connectivity index is 1.55. The molecule has 2 fully saturated rings. The minimum atomic E-state index is -0.999. The van der Waals surface area contributed by atoms with Crippen molar-refractivity contribution in [2.24, 2.45) is 11.8 Å². The number of thiazole rings is 1. The largest absolute Gasteiger partial charge is 0.345 e. The van der Waals surface area contributed by atoms with Crippen LogP contribution in [0.15, 0.2) is 35.7 Å². The molecule has 2 aromatic rings. The second-order valence-corrected chi connectivity index (χ2v) is 15.4. The molecule has 5 rings (SSSR count). The fourth-order valence-electron chi connectivity index (χ4n) is 7.39. The number of carbonyl (C=O) groups excluding carboxylic acids is 6. The van der Waals surface area contributed by atoms with Gasteiger partial charge in [0.25, 0.3) is 5.91 Å². The summed E-state index contributed by atoms with van der Waals surface area (Å²) in [5, 5.41) is 11.1. The van der Waals surface area contributed by atoms with Crippen LogP contribution in [-0.2, 0) is 30.4 Å². The highest BCUT2D eigenvalue weighted by Crippen LogP contribution is 2.30. The van der Waals surface area contributed by atoms with E-state index in [1.807, 2.05) is 58.0 Å². The summed E-state index contributed by atoms with van der Waals surface area (Å²) < 4.78 is 0. The Morgan fingerprint density at radius 2 is 1.35 bits per heavy atom. The van der Waals surface area contributed by atoms with Gasteiger partial charge in [0, 0.05) is 31.9 Å². The molecule has 8 atom stereocenters. The molecule has 2 bridgehead atoms. The van der Waals surface area contributed by atoms with Crippen LogP contribution in [0.4, 0.5) is 0 Å². The molecular weight excluding hydrogens is 683 g/mol. The van der Waals surface area contributed by atoms with Gasteiger partial charge >= 0.3 is 0 Å². The Morgan fingerprint density at radius 3 is 1.94 bits per heavy atom. The number of likely N-dealkylation sites (N-methyl/N-ethyl adjacent to an activating group) is 1. The summed E-state index contributed by atoms with van der Waals surface area (Å²) in [5.74, 6) is -2.75. The van der Waals surface area contributed by atoms with Crippen molar-refractivity contribution >= 4 is 46.8 Å². The molecule has 0 radical (unpaired) electrons. The Labute approximate surface area is 310 Å². The molecule has 4 heterocycles. The molecule has 52 heavy (non-hydrogen) atoms. The predicted octanol–water partition coefficient (Wildman–Crippen LogP) is 3.06. The molecule has 0 unspecified atom stereocenters. The van der Waals surface area contributed by atoms with Gasteiger partial charge in [-0.25, -0.2) is 4.98 Å². The zero-order chi connectivity index (χ0) is 37.7. The molecule has 1 aromatic carbocycles. The normalized spacial score (nSPS) is 28.0. The molecule has 14 heteroatoms. The fourth-order valence-corrected chi connectivity index (χ4v) is 8.38. The highest BCUT2D eigenvalue weighted by Gasteiger charge is 2.44. The van der Waals surface area contributed by atoms with E-state index in [9.17, 15) is 28.8 Å². The van der Waals surface area contributed by atoms with Crippen molar-refractivity contribution in [3.05, 3.63) is 52.0 Å². The maximum atomic E-state index is 14.5. The lowest BCUT2D eigenvalue weighted by molar-refractivity contribution is -0.148. The standard InChI is InChI=1S/C38H53N7O6S/c1-7-22(3)30-35-40-26(21-52-35)32(46)39-24(5)36(49)43(6)29(20-25-14-10-9-11-15-25)37(50)44-18-12-16-27(44)34(48)42-31(23(4)8-2)38(51)45-19-13-17-28(45)33(47)41-30/h9-11,14-15,21-24,27-31H,7-8,12-13,16-20H2,1-6H3,(H,39,46)(H,41,47)(H,42,48)/t22-,23-,24-,27-,28-,29-,30-,31-/m0/s1. The number of rotatable bonds is 6. The Kier molecular flexibility index (Phi) is 12.7. The van der Waals surface area contributed by atoms with Crippen molar-refractivity contribution in [1.29, 1.82) is 0 Å². The molecule has 0 saturated carbocycles. The van der Waals surface area contributed by atoms with E-state index in [0.717, 1.165) is 12.0 Å². The minimum Gasteiger partial charge on any atom is -0.345 e. The van der Waals surface area contributed by atoms with E-state index >= 15 is 0 Å². The van der Waals surface area contributed by atoms with Crippen LogP contribution < -0.4 is 16.0 Å². The third-order valence-corrected chi connectivity index (χ3v) is 12.0. The van der Waals surface area contributed by atoms with Crippen LogP contribution in [0, 0.1) is 11.8 Å². The van der Waals surface area contributed by atoms with E-state index < -0.39 is 54.0 Å². The van der Waals surface area contributed by atoms with E-state index in [0.29, 0.717) is 50.2 Å². The molecule has 0 spiro atoms. The number of nitrogens with zero attached hydrogens (tertiary/aromatic N) is 4. The average Bonchev–Trinajstić information content (AvgIpc) is 3.95. The summed E-state index contributed by atoms with van der Waals surface area (Å²) >= 11 is 1.25. The Morgan fingerprint density at radius 1 is 0.788 bits per heavy atom. The number of benzene rings is 1. The van der Waals surface area contributed by atoms with Crippen LogP contribution in [0.1, 0.15) is 100 Å². The number of aromatic nitrogens is 1. The summed E-state index contributed by atoms with van der Waals surface area (Å²) in [7, 11) is 1.54. The molecule has 2 saturated heterocycles. The van der Waals surface area contributed by atoms with Crippen LogP contribution >= 0.6 is 11.3 Å². The van der Waals surface area contributed by atoms with Crippen molar-refractivity contribution < 1.29 is 28.8 Å². The van der Waals surface area contributed by atoms with E-state index in [1.54, 1.807) is 24.3 Å². The zero-order valence-electron chi connectivity index (χ0n) is 31.1. The number of carbonyl (C=O) groups is 6. The number of hydrogen-bond donors (Lipinski definition) is 3. The van der Waals surface area contributed by atoms with E-state index in [4.69, 9.17) is 0 Å². The molecule has 0 aliphatic carbocycles. The van der Waals surface area contributed by atoms with E-state index in [-0.39, 0.29) is 41.7 Å².